The third kappa shape index (κ3) is 3.05. The summed E-state index contributed by atoms with van der Waals surface area (Å²) in [4.78, 5) is 17.3. The summed E-state index contributed by atoms with van der Waals surface area (Å²) in [6, 6.07) is 6.12. The van der Waals surface area contributed by atoms with E-state index in [-0.39, 0.29) is 5.91 Å². The summed E-state index contributed by atoms with van der Waals surface area (Å²) in [7, 11) is 0. The zero-order chi connectivity index (χ0) is 14.8. The largest absolute Gasteiger partial charge is 0.399 e. The molecule has 0 aromatic heterocycles. The van der Waals surface area contributed by atoms with Gasteiger partial charge in [0.15, 0.2) is 0 Å². The normalized spacial score (nSPS) is 23.5. The zero-order valence-electron chi connectivity index (χ0n) is 12.8. The first-order chi connectivity index (χ1) is 10.1. The first-order valence-electron chi connectivity index (χ1n) is 8.04. The summed E-state index contributed by atoms with van der Waals surface area (Å²) >= 11 is 0. The van der Waals surface area contributed by atoms with Crippen LogP contribution in [0.2, 0.25) is 0 Å². The second-order valence-corrected chi connectivity index (χ2v) is 6.36. The Morgan fingerprint density at radius 1 is 1.19 bits per heavy atom. The number of nitrogens with zero attached hydrogens (tertiary/aromatic N) is 2. The first-order valence-corrected chi connectivity index (χ1v) is 8.04. The molecule has 0 spiro atoms. The number of nitrogens with two attached hydrogens (primary N) is 1. The molecule has 1 aromatic rings. The average Bonchev–Trinajstić information content (AvgIpc) is 2.97. The fourth-order valence-electron chi connectivity index (χ4n) is 3.61. The van der Waals surface area contributed by atoms with E-state index < -0.39 is 0 Å². The number of nitrogen functional groups attached to an aromatic ring is 1. The lowest BCUT2D eigenvalue weighted by atomic mass is 10.1. The highest BCUT2D eigenvalue weighted by Crippen LogP contribution is 2.23. The van der Waals surface area contributed by atoms with Crippen molar-refractivity contribution in [3.05, 3.63) is 29.3 Å². The van der Waals surface area contributed by atoms with Crippen LogP contribution >= 0.6 is 0 Å². The van der Waals surface area contributed by atoms with Crippen molar-refractivity contribution in [1.29, 1.82) is 0 Å². The third-order valence-corrected chi connectivity index (χ3v) is 4.84. The fourth-order valence-corrected chi connectivity index (χ4v) is 3.61. The molecule has 1 unspecified atom stereocenters. The van der Waals surface area contributed by atoms with Crippen molar-refractivity contribution in [2.45, 2.75) is 38.6 Å². The van der Waals surface area contributed by atoms with Gasteiger partial charge in [-0.3, -0.25) is 9.69 Å². The van der Waals surface area contributed by atoms with Crippen LogP contribution in [0.1, 0.15) is 41.6 Å². The van der Waals surface area contributed by atoms with Gasteiger partial charge in [0.1, 0.15) is 0 Å². The Kier molecular flexibility index (Phi) is 4.15. The quantitative estimate of drug-likeness (QED) is 0.849. The van der Waals surface area contributed by atoms with Crippen molar-refractivity contribution >= 4 is 11.6 Å². The number of likely N-dealkylation sites (tertiary alicyclic amines) is 2. The molecule has 4 heteroatoms. The molecule has 2 aliphatic rings. The van der Waals surface area contributed by atoms with Crippen molar-refractivity contribution in [2.24, 2.45) is 0 Å². The maximum absolute atomic E-state index is 12.7. The van der Waals surface area contributed by atoms with Gasteiger partial charge in [-0.05, 0) is 63.0 Å². The number of hydrogen-bond acceptors (Lipinski definition) is 3. The van der Waals surface area contributed by atoms with E-state index in [1.54, 1.807) is 0 Å². The van der Waals surface area contributed by atoms with Gasteiger partial charge in [-0.15, -0.1) is 0 Å². The summed E-state index contributed by atoms with van der Waals surface area (Å²) in [6.45, 7) is 6.12. The number of aryl methyl sites for hydroxylation is 1. The molecule has 1 amide bonds. The first kappa shape index (κ1) is 14.4. The highest BCUT2D eigenvalue weighted by molar-refractivity contribution is 5.96. The van der Waals surface area contributed by atoms with Crippen LogP contribution < -0.4 is 5.73 Å². The van der Waals surface area contributed by atoms with Gasteiger partial charge in [0, 0.05) is 30.4 Å². The molecule has 2 heterocycles. The summed E-state index contributed by atoms with van der Waals surface area (Å²) < 4.78 is 0. The minimum atomic E-state index is 0.159. The Balaban J connectivity index is 1.66. The fraction of sp³-hybridized carbons (Fsp3) is 0.588. The summed E-state index contributed by atoms with van der Waals surface area (Å²) in [6.07, 6.45) is 5.08. The summed E-state index contributed by atoms with van der Waals surface area (Å²) in [5.74, 6) is 0.159. The molecule has 114 valence electrons. The second-order valence-electron chi connectivity index (χ2n) is 6.36. The van der Waals surface area contributed by atoms with Crippen LogP contribution in [-0.4, -0.2) is 47.9 Å². The van der Waals surface area contributed by atoms with Crippen LogP contribution in [0.3, 0.4) is 0 Å². The molecule has 0 saturated carbocycles. The Morgan fingerprint density at radius 3 is 2.67 bits per heavy atom. The van der Waals surface area contributed by atoms with E-state index >= 15 is 0 Å². The predicted molar refractivity (Wildman–Crippen MR) is 85.3 cm³/mol. The van der Waals surface area contributed by atoms with Gasteiger partial charge in [0.2, 0.25) is 0 Å². The number of benzene rings is 1. The van der Waals surface area contributed by atoms with Gasteiger partial charge < -0.3 is 10.6 Å². The molecule has 0 radical (unpaired) electrons. The third-order valence-electron chi connectivity index (χ3n) is 4.84. The molecular formula is C17H25N3O. The number of rotatable bonds is 2. The molecule has 2 aliphatic heterocycles. The molecule has 3 rings (SSSR count). The maximum atomic E-state index is 12.7. The highest BCUT2D eigenvalue weighted by atomic mass is 16.2. The Labute approximate surface area is 126 Å². The lowest BCUT2D eigenvalue weighted by Crippen LogP contribution is -2.41. The van der Waals surface area contributed by atoms with Crippen LogP contribution in [0.25, 0.3) is 0 Å². The van der Waals surface area contributed by atoms with Crippen LogP contribution in [0.15, 0.2) is 18.2 Å². The molecule has 1 aromatic carbocycles. The standard InChI is InChI=1S/C17H25N3O/c1-13-11-14(18)5-6-16(13)17(21)20-10-7-15(12-20)19-8-3-2-4-9-19/h5-6,11,15H,2-4,7-10,12,18H2,1H3. The molecule has 1 atom stereocenters. The van der Waals surface area contributed by atoms with Crippen LogP contribution in [0.5, 0.6) is 0 Å². The van der Waals surface area contributed by atoms with Gasteiger partial charge in [0.05, 0.1) is 0 Å². The van der Waals surface area contributed by atoms with Gasteiger partial charge in [-0.2, -0.15) is 0 Å². The van der Waals surface area contributed by atoms with Crippen LogP contribution in [0.4, 0.5) is 5.69 Å². The van der Waals surface area contributed by atoms with Crippen molar-refractivity contribution in [3.63, 3.8) is 0 Å². The number of carbonyl (C=O) groups is 1. The van der Waals surface area contributed by atoms with Crippen molar-refractivity contribution in [2.75, 3.05) is 31.9 Å². The van der Waals surface area contributed by atoms with E-state index in [2.05, 4.69) is 4.90 Å². The second kappa shape index (κ2) is 6.06. The lowest BCUT2D eigenvalue weighted by molar-refractivity contribution is 0.0771. The molecule has 21 heavy (non-hydrogen) atoms. The number of anilines is 1. The smallest absolute Gasteiger partial charge is 0.254 e. The van der Waals surface area contributed by atoms with Gasteiger partial charge in [-0.25, -0.2) is 0 Å². The minimum absolute atomic E-state index is 0.159. The number of hydrogen-bond donors (Lipinski definition) is 1. The van der Waals surface area contributed by atoms with Gasteiger partial charge in [0.25, 0.3) is 5.91 Å². The number of piperidine rings is 1. The van der Waals surface area contributed by atoms with E-state index in [9.17, 15) is 4.79 Å². The SMILES string of the molecule is Cc1cc(N)ccc1C(=O)N1CCC(N2CCCCC2)C1. The zero-order valence-corrected chi connectivity index (χ0v) is 12.8. The molecule has 2 saturated heterocycles. The van der Waals surface area contributed by atoms with E-state index in [4.69, 9.17) is 5.73 Å². The lowest BCUT2D eigenvalue weighted by Gasteiger charge is -2.32. The van der Waals surface area contributed by atoms with Gasteiger partial charge >= 0.3 is 0 Å². The number of amides is 1. The maximum Gasteiger partial charge on any atom is 0.254 e. The van der Waals surface area contributed by atoms with Crippen molar-refractivity contribution < 1.29 is 4.79 Å². The molecule has 2 N–H and O–H groups in total. The summed E-state index contributed by atoms with van der Waals surface area (Å²) in [5.41, 5.74) is 8.26. The minimum Gasteiger partial charge on any atom is -0.399 e. The van der Waals surface area contributed by atoms with Gasteiger partial charge in [-0.1, -0.05) is 6.42 Å². The van der Waals surface area contributed by atoms with Crippen LogP contribution in [0, 0.1) is 6.92 Å². The van der Waals surface area contributed by atoms with E-state index in [1.807, 2.05) is 30.0 Å². The Morgan fingerprint density at radius 2 is 1.95 bits per heavy atom. The number of carbonyl (C=O) groups excluding carboxylic acids is 1. The summed E-state index contributed by atoms with van der Waals surface area (Å²) in [5, 5.41) is 0. The van der Waals surface area contributed by atoms with E-state index in [0.717, 1.165) is 36.3 Å². The Bertz CT molecular complexity index is 523. The molecule has 0 bridgehead atoms. The van der Waals surface area contributed by atoms with E-state index in [1.165, 1.54) is 32.4 Å². The topological polar surface area (TPSA) is 49.6 Å². The predicted octanol–water partition coefficient (Wildman–Crippen LogP) is 2.28. The molecule has 4 nitrogen and oxygen atoms in total. The van der Waals surface area contributed by atoms with E-state index in [0.29, 0.717) is 6.04 Å². The molecular weight excluding hydrogens is 262 g/mol. The Hall–Kier alpha value is -1.55. The molecule has 2 fully saturated rings. The van der Waals surface area contributed by atoms with Crippen LogP contribution in [-0.2, 0) is 0 Å². The highest BCUT2D eigenvalue weighted by Gasteiger charge is 2.31. The average molecular weight is 287 g/mol. The molecule has 0 aliphatic carbocycles. The van der Waals surface area contributed by atoms with Crippen molar-refractivity contribution in [3.8, 4) is 0 Å². The van der Waals surface area contributed by atoms with Crippen molar-refractivity contribution in [1.82, 2.24) is 9.80 Å². The monoisotopic (exact) mass is 287 g/mol.